The van der Waals surface area contributed by atoms with Crippen LogP contribution >= 0.6 is 0 Å². The van der Waals surface area contributed by atoms with Gasteiger partial charge in [-0.2, -0.15) is 0 Å². The van der Waals surface area contributed by atoms with Crippen molar-refractivity contribution in [3.63, 3.8) is 0 Å². The van der Waals surface area contributed by atoms with E-state index in [-0.39, 0.29) is 5.97 Å². The van der Waals surface area contributed by atoms with E-state index in [2.05, 4.69) is 15.0 Å². The van der Waals surface area contributed by atoms with E-state index in [0.717, 1.165) is 19.5 Å². The lowest BCUT2D eigenvalue weighted by Crippen LogP contribution is -2.23. The number of esters is 1. The van der Waals surface area contributed by atoms with Gasteiger partial charge < -0.3 is 15.0 Å². The monoisotopic (exact) mass is 212 g/mol. The molecule has 86 valence electrons. The Balaban J connectivity index is 1.92. The molecule has 0 atom stereocenters. The van der Waals surface area contributed by atoms with Crippen LogP contribution in [0.15, 0.2) is 12.3 Å². The SMILES string of the molecule is COC(=O)/C=C/NCCCN1CCCC1. The summed E-state index contributed by atoms with van der Waals surface area (Å²) in [4.78, 5) is 13.2. The van der Waals surface area contributed by atoms with E-state index >= 15 is 0 Å². The summed E-state index contributed by atoms with van der Waals surface area (Å²) >= 11 is 0. The Morgan fingerprint density at radius 1 is 1.47 bits per heavy atom. The molecule has 15 heavy (non-hydrogen) atoms. The highest BCUT2D eigenvalue weighted by molar-refractivity contribution is 5.81. The number of likely N-dealkylation sites (tertiary alicyclic amines) is 1. The number of carbonyl (C=O) groups is 1. The van der Waals surface area contributed by atoms with Crippen LogP contribution < -0.4 is 5.32 Å². The molecule has 0 aliphatic carbocycles. The number of rotatable bonds is 6. The van der Waals surface area contributed by atoms with Gasteiger partial charge in [0.2, 0.25) is 0 Å². The first-order valence-electron chi connectivity index (χ1n) is 5.53. The fraction of sp³-hybridized carbons (Fsp3) is 0.727. The molecule has 1 saturated heterocycles. The molecule has 1 heterocycles. The van der Waals surface area contributed by atoms with Crippen LogP contribution in [0.2, 0.25) is 0 Å². The molecule has 0 radical (unpaired) electrons. The second-order valence-electron chi connectivity index (χ2n) is 3.71. The predicted molar refractivity (Wildman–Crippen MR) is 59.4 cm³/mol. The number of nitrogens with zero attached hydrogens (tertiary/aromatic N) is 1. The van der Waals surface area contributed by atoms with E-state index in [1.165, 1.54) is 39.1 Å². The van der Waals surface area contributed by atoms with Gasteiger partial charge in [-0.15, -0.1) is 0 Å². The first kappa shape index (κ1) is 12.0. The molecule has 1 aliphatic heterocycles. The summed E-state index contributed by atoms with van der Waals surface area (Å²) in [6.07, 6.45) is 6.85. The van der Waals surface area contributed by atoms with Crippen molar-refractivity contribution in [2.75, 3.05) is 33.3 Å². The number of carbonyl (C=O) groups excluding carboxylic acids is 1. The van der Waals surface area contributed by atoms with Gasteiger partial charge in [0.05, 0.1) is 7.11 Å². The zero-order valence-corrected chi connectivity index (χ0v) is 9.37. The Bertz CT molecular complexity index is 211. The summed E-state index contributed by atoms with van der Waals surface area (Å²) in [5, 5.41) is 3.07. The van der Waals surface area contributed by atoms with Gasteiger partial charge in [-0.25, -0.2) is 4.79 Å². The van der Waals surface area contributed by atoms with Crippen LogP contribution in [-0.2, 0) is 9.53 Å². The molecule has 4 heteroatoms. The largest absolute Gasteiger partial charge is 0.466 e. The van der Waals surface area contributed by atoms with E-state index in [1.807, 2.05) is 0 Å². The van der Waals surface area contributed by atoms with Crippen molar-refractivity contribution in [1.82, 2.24) is 10.2 Å². The minimum atomic E-state index is -0.318. The van der Waals surface area contributed by atoms with E-state index in [0.29, 0.717) is 0 Å². The number of hydrogen-bond acceptors (Lipinski definition) is 4. The van der Waals surface area contributed by atoms with Crippen LogP contribution in [0.5, 0.6) is 0 Å². The molecule has 0 bridgehead atoms. The Hall–Kier alpha value is -1.03. The highest BCUT2D eigenvalue weighted by Crippen LogP contribution is 2.06. The third-order valence-electron chi connectivity index (χ3n) is 2.53. The smallest absolute Gasteiger partial charge is 0.331 e. The molecule has 1 N–H and O–H groups in total. The average molecular weight is 212 g/mol. The Kier molecular flexibility index (Phi) is 5.85. The van der Waals surface area contributed by atoms with Gasteiger partial charge in [0, 0.05) is 18.8 Å². The number of nitrogens with one attached hydrogen (secondary N) is 1. The van der Waals surface area contributed by atoms with E-state index in [9.17, 15) is 4.79 Å². The molecule has 0 aromatic heterocycles. The average Bonchev–Trinajstić information content (AvgIpc) is 2.75. The van der Waals surface area contributed by atoms with Gasteiger partial charge in [0.25, 0.3) is 0 Å². The predicted octanol–water partition coefficient (Wildman–Crippen LogP) is 0.749. The fourth-order valence-electron chi connectivity index (χ4n) is 1.69. The number of hydrogen-bond donors (Lipinski definition) is 1. The zero-order chi connectivity index (χ0) is 10.9. The summed E-state index contributed by atoms with van der Waals surface area (Å²) in [5.74, 6) is -0.318. The van der Waals surface area contributed by atoms with Gasteiger partial charge >= 0.3 is 5.97 Å². The Morgan fingerprint density at radius 2 is 2.20 bits per heavy atom. The summed E-state index contributed by atoms with van der Waals surface area (Å²) in [5.41, 5.74) is 0. The van der Waals surface area contributed by atoms with Crippen molar-refractivity contribution in [2.24, 2.45) is 0 Å². The fourth-order valence-corrected chi connectivity index (χ4v) is 1.69. The van der Waals surface area contributed by atoms with Crippen molar-refractivity contribution in [3.05, 3.63) is 12.3 Å². The lowest BCUT2D eigenvalue weighted by atomic mass is 10.4. The third kappa shape index (κ3) is 5.42. The van der Waals surface area contributed by atoms with Crippen molar-refractivity contribution >= 4 is 5.97 Å². The Morgan fingerprint density at radius 3 is 2.87 bits per heavy atom. The van der Waals surface area contributed by atoms with Crippen LogP contribution in [-0.4, -0.2) is 44.2 Å². The highest BCUT2D eigenvalue weighted by atomic mass is 16.5. The van der Waals surface area contributed by atoms with Crippen LogP contribution in [0.25, 0.3) is 0 Å². The maximum absolute atomic E-state index is 10.7. The van der Waals surface area contributed by atoms with Crippen molar-refractivity contribution in [3.8, 4) is 0 Å². The zero-order valence-electron chi connectivity index (χ0n) is 9.37. The molecule has 4 nitrogen and oxygen atoms in total. The molecule has 1 aliphatic rings. The van der Waals surface area contributed by atoms with Gasteiger partial charge in [0.15, 0.2) is 0 Å². The molecule has 0 spiro atoms. The molecule has 1 fully saturated rings. The van der Waals surface area contributed by atoms with Gasteiger partial charge in [-0.1, -0.05) is 0 Å². The molecule has 0 saturated carbocycles. The summed E-state index contributed by atoms with van der Waals surface area (Å²) in [6.45, 7) is 4.55. The van der Waals surface area contributed by atoms with Crippen LogP contribution in [0.4, 0.5) is 0 Å². The molecular formula is C11H20N2O2. The maximum atomic E-state index is 10.7. The second kappa shape index (κ2) is 7.29. The molecule has 1 rings (SSSR count). The quantitative estimate of drug-likeness (QED) is 0.401. The van der Waals surface area contributed by atoms with Crippen molar-refractivity contribution < 1.29 is 9.53 Å². The van der Waals surface area contributed by atoms with Crippen molar-refractivity contribution in [2.45, 2.75) is 19.3 Å². The van der Waals surface area contributed by atoms with Gasteiger partial charge in [-0.3, -0.25) is 0 Å². The third-order valence-corrected chi connectivity index (χ3v) is 2.53. The lowest BCUT2D eigenvalue weighted by molar-refractivity contribution is -0.134. The normalized spacial score (nSPS) is 17.1. The van der Waals surface area contributed by atoms with Crippen molar-refractivity contribution in [1.29, 1.82) is 0 Å². The number of ether oxygens (including phenoxy) is 1. The molecule has 0 unspecified atom stereocenters. The van der Waals surface area contributed by atoms with E-state index in [1.54, 1.807) is 6.20 Å². The maximum Gasteiger partial charge on any atom is 0.331 e. The molecule has 0 aromatic carbocycles. The minimum Gasteiger partial charge on any atom is -0.466 e. The van der Waals surface area contributed by atoms with Crippen LogP contribution in [0, 0.1) is 0 Å². The summed E-state index contributed by atoms with van der Waals surface area (Å²) < 4.78 is 4.46. The number of methoxy groups -OCH3 is 1. The first-order valence-corrected chi connectivity index (χ1v) is 5.53. The highest BCUT2D eigenvalue weighted by Gasteiger charge is 2.09. The molecule has 0 aromatic rings. The van der Waals surface area contributed by atoms with Gasteiger partial charge in [0.1, 0.15) is 0 Å². The lowest BCUT2D eigenvalue weighted by Gasteiger charge is -2.13. The van der Waals surface area contributed by atoms with Gasteiger partial charge in [-0.05, 0) is 38.9 Å². The first-order chi connectivity index (χ1) is 7.33. The summed E-state index contributed by atoms with van der Waals surface area (Å²) in [6, 6.07) is 0. The van der Waals surface area contributed by atoms with Crippen LogP contribution in [0.1, 0.15) is 19.3 Å². The Labute approximate surface area is 91.3 Å². The minimum absolute atomic E-state index is 0.318. The second-order valence-corrected chi connectivity index (χ2v) is 3.71. The standard InChI is InChI=1S/C11H20N2O2/c1-15-11(14)5-7-12-6-4-10-13-8-2-3-9-13/h5,7,12H,2-4,6,8-10H2,1H3/b7-5+. The van der Waals surface area contributed by atoms with E-state index in [4.69, 9.17) is 0 Å². The molecule has 0 amide bonds. The summed E-state index contributed by atoms with van der Waals surface area (Å²) in [7, 11) is 1.38. The van der Waals surface area contributed by atoms with Crippen LogP contribution in [0.3, 0.4) is 0 Å². The molecular weight excluding hydrogens is 192 g/mol. The topological polar surface area (TPSA) is 41.6 Å². The van der Waals surface area contributed by atoms with E-state index < -0.39 is 0 Å².